The average molecular weight is 383 g/mol. The van der Waals surface area contributed by atoms with Gasteiger partial charge < -0.3 is 4.57 Å². The fraction of sp³-hybridized carbons (Fsp3) is 0.350. The lowest BCUT2D eigenvalue weighted by Gasteiger charge is -2.18. The van der Waals surface area contributed by atoms with E-state index in [-0.39, 0.29) is 0 Å². The van der Waals surface area contributed by atoms with Crippen molar-refractivity contribution < 1.29 is 0 Å². The number of halogens is 1. The van der Waals surface area contributed by atoms with Crippen LogP contribution >= 0.6 is 11.6 Å². The summed E-state index contributed by atoms with van der Waals surface area (Å²) in [4.78, 5) is 13.5. The van der Waals surface area contributed by atoms with Crippen LogP contribution in [0.5, 0.6) is 0 Å². The summed E-state index contributed by atoms with van der Waals surface area (Å²) in [6.07, 6.45) is 8.60. The number of aromatic nitrogens is 4. The first-order valence-corrected chi connectivity index (χ1v) is 9.60. The van der Waals surface area contributed by atoms with Crippen molar-refractivity contribution in [2.75, 3.05) is 0 Å². The van der Waals surface area contributed by atoms with Gasteiger partial charge in [-0.2, -0.15) is 0 Å². The number of benzene rings is 1. The Morgan fingerprint density at radius 1 is 0.963 bits per heavy atom. The topological polar surface area (TPSA) is 67.7 Å². The Labute approximate surface area is 164 Å². The summed E-state index contributed by atoms with van der Waals surface area (Å²) in [5.74, 6) is 2.17. The molecular formula is C20H23ClN6. The number of imidazole rings is 1. The average Bonchev–Trinajstić information content (AvgIpc) is 3.27. The smallest absolute Gasteiger partial charge is 0.159 e. The minimum atomic E-state index is 0.467. The molecule has 0 radical (unpaired) electrons. The summed E-state index contributed by atoms with van der Waals surface area (Å²) in [6.45, 7) is 5.36. The minimum absolute atomic E-state index is 0.467. The third-order valence-electron chi connectivity index (χ3n) is 5.25. The summed E-state index contributed by atoms with van der Waals surface area (Å²) in [6, 6.07) is 8.46. The van der Waals surface area contributed by atoms with Gasteiger partial charge in [0.15, 0.2) is 5.82 Å². The predicted molar refractivity (Wildman–Crippen MR) is 107 cm³/mol. The lowest BCUT2D eigenvalue weighted by Crippen LogP contribution is -2.30. The van der Waals surface area contributed by atoms with E-state index < -0.39 is 0 Å². The van der Waals surface area contributed by atoms with E-state index in [1.165, 1.54) is 0 Å². The maximum atomic E-state index is 5.94. The van der Waals surface area contributed by atoms with Crippen LogP contribution in [0.25, 0.3) is 22.8 Å². The van der Waals surface area contributed by atoms with Gasteiger partial charge in [0.1, 0.15) is 5.82 Å². The van der Waals surface area contributed by atoms with Crippen molar-refractivity contribution in [3.05, 3.63) is 54.1 Å². The zero-order valence-electron chi connectivity index (χ0n) is 15.4. The van der Waals surface area contributed by atoms with Gasteiger partial charge in [0.2, 0.25) is 0 Å². The zero-order chi connectivity index (χ0) is 18.8. The number of rotatable bonds is 5. The normalized spacial score (nSPS) is 22.3. The second-order valence-electron chi connectivity index (χ2n) is 7.07. The number of hydrogen-bond acceptors (Lipinski definition) is 5. The highest BCUT2D eigenvalue weighted by molar-refractivity contribution is 6.30. The van der Waals surface area contributed by atoms with Gasteiger partial charge in [0.05, 0.1) is 5.56 Å². The van der Waals surface area contributed by atoms with Gasteiger partial charge >= 0.3 is 0 Å². The molecule has 0 bridgehead atoms. The molecule has 7 heteroatoms. The largest absolute Gasteiger partial charge is 0.331 e. The maximum absolute atomic E-state index is 5.94. The summed E-state index contributed by atoms with van der Waals surface area (Å²) >= 11 is 5.94. The van der Waals surface area contributed by atoms with E-state index in [9.17, 15) is 0 Å². The number of hydrazine groups is 1. The van der Waals surface area contributed by atoms with Gasteiger partial charge in [-0.1, -0.05) is 11.6 Å². The Morgan fingerprint density at radius 3 is 2.30 bits per heavy atom. The van der Waals surface area contributed by atoms with Gasteiger partial charge in [-0.15, -0.1) is 0 Å². The van der Waals surface area contributed by atoms with Gasteiger partial charge in [-0.25, -0.2) is 15.0 Å². The molecule has 140 valence electrons. The number of hydrogen-bond donors (Lipinski definition) is 2. The number of nitrogens with zero attached hydrogens (tertiary/aromatic N) is 4. The lowest BCUT2D eigenvalue weighted by molar-refractivity contribution is 0.388. The van der Waals surface area contributed by atoms with E-state index in [1.54, 1.807) is 0 Å². The molecule has 2 aromatic heterocycles. The molecule has 2 N–H and O–H groups in total. The zero-order valence-corrected chi connectivity index (χ0v) is 16.2. The minimum Gasteiger partial charge on any atom is -0.331 e. The molecule has 3 heterocycles. The van der Waals surface area contributed by atoms with E-state index in [1.807, 2.05) is 49.1 Å². The van der Waals surface area contributed by atoms with Gasteiger partial charge in [-0.3, -0.25) is 10.9 Å². The summed E-state index contributed by atoms with van der Waals surface area (Å²) < 4.78 is 2.18. The first-order chi connectivity index (χ1) is 13.1. The Bertz CT molecular complexity index is 880. The third-order valence-corrected chi connectivity index (χ3v) is 5.51. The molecule has 1 saturated heterocycles. The highest BCUT2D eigenvalue weighted by Crippen LogP contribution is 2.23. The van der Waals surface area contributed by atoms with E-state index in [4.69, 9.17) is 11.6 Å². The molecule has 6 nitrogen and oxygen atoms in total. The quantitative estimate of drug-likeness (QED) is 0.706. The first kappa shape index (κ1) is 18.1. The number of nitrogens with one attached hydrogen (secondary N) is 2. The molecule has 27 heavy (non-hydrogen) atoms. The van der Waals surface area contributed by atoms with Crippen LogP contribution in [0.4, 0.5) is 0 Å². The standard InChI is InChI=1S/C20H23ClN6/c1-13-18(14(2)26-25-13)7-9-27-10-8-22-20(27)16-11-23-19(24-12-16)15-3-5-17(21)6-4-15/h3-6,8,10-14,18,25-26H,7,9H2,1-2H3. The van der Waals surface area contributed by atoms with Gasteiger partial charge in [0, 0.05) is 54.0 Å². The molecule has 1 aliphatic heterocycles. The van der Waals surface area contributed by atoms with Crippen molar-refractivity contribution in [2.24, 2.45) is 5.92 Å². The number of aryl methyl sites for hydroxylation is 1. The van der Waals surface area contributed by atoms with Crippen molar-refractivity contribution in [3.8, 4) is 22.8 Å². The molecule has 0 spiro atoms. The maximum Gasteiger partial charge on any atom is 0.159 e. The highest BCUT2D eigenvalue weighted by atomic mass is 35.5. The van der Waals surface area contributed by atoms with Crippen molar-refractivity contribution >= 4 is 11.6 Å². The van der Waals surface area contributed by atoms with Crippen LogP contribution in [-0.4, -0.2) is 31.6 Å². The van der Waals surface area contributed by atoms with Crippen molar-refractivity contribution in [2.45, 2.75) is 38.9 Å². The van der Waals surface area contributed by atoms with E-state index in [2.05, 4.69) is 44.2 Å². The molecule has 1 aliphatic rings. The monoisotopic (exact) mass is 382 g/mol. The summed E-state index contributed by atoms with van der Waals surface area (Å²) in [5.41, 5.74) is 8.50. The Hall–Kier alpha value is -2.28. The molecule has 3 aromatic rings. The van der Waals surface area contributed by atoms with Crippen LogP contribution in [0.15, 0.2) is 49.1 Å². The van der Waals surface area contributed by atoms with E-state index in [0.717, 1.165) is 29.9 Å². The summed E-state index contributed by atoms with van der Waals surface area (Å²) in [5, 5.41) is 0.702. The molecule has 0 amide bonds. The highest BCUT2D eigenvalue weighted by Gasteiger charge is 2.29. The molecule has 2 atom stereocenters. The predicted octanol–water partition coefficient (Wildman–Crippen LogP) is 3.55. The van der Waals surface area contributed by atoms with Gasteiger partial charge in [0.25, 0.3) is 0 Å². The molecule has 4 rings (SSSR count). The van der Waals surface area contributed by atoms with Crippen LogP contribution in [0.1, 0.15) is 20.3 Å². The second-order valence-corrected chi connectivity index (χ2v) is 7.50. The Morgan fingerprint density at radius 2 is 1.63 bits per heavy atom. The molecule has 2 unspecified atom stereocenters. The van der Waals surface area contributed by atoms with Crippen molar-refractivity contribution in [3.63, 3.8) is 0 Å². The fourth-order valence-corrected chi connectivity index (χ4v) is 3.77. The van der Waals surface area contributed by atoms with Crippen LogP contribution in [0.3, 0.4) is 0 Å². The van der Waals surface area contributed by atoms with Crippen LogP contribution < -0.4 is 10.9 Å². The second kappa shape index (κ2) is 7.76. The van der Waals surface area contributed by atoms with Gasteiger partial charge in [-0.05, 0) is 50.5 Å². The first-order valence-electron chi connectivity index (χ1n) is 9.22. The lowest BCUT2D eigenvalue weighted by atomic mass is 9.93. The molecule has 0 saturated carbocycles. The fourth-order valence-electron chi connectivity index (χ4n) is 3.64. The Balaban J connectivity index is 1.49. The molecular weight excluding hydrogens is 360 g/mol. The van der Waals surface area contributed by atoms with E-state index >= 15 is 0 Å². The molecule has 1 aromatic carbocycles. The molecule has 0 aliphatic carbocycles. The van der Waals surface area contributed by atoms with Crippen LogP contribution in [-0.2, 0) is 6.54 Å². The van der Waals surface area contributed by atoms with E-state index in [0.29, 0.717) is 28.8 Å². The third kappa shape index (κ3) is 3.88. The SMILES string of the molecule is CC1NNC(C)C1CCn1ccnc1-c1cnc(-c2ccc(Cl)cc2)nc1. The van der Waals surface area contributed by atoms with Crippen LogP contribution in [0.2, 0.25) is 5.02 Å². The molecule has 1 fully saturated rings. The van der Waals surface area contributed by atoms with Crippen molar-refractivity contribution in [1.29, 1.82) is 0 Å². The summed E-state index contributed by atoms with van der Waals surface area (Å²) in [7, 11) is 0. The Kier molecular flexibility index (Phi) is 5.20. The van der Waals surface area contributed by atoms with Crippen molar-refractivity contribution in [1.82, 2.24) is 30.4 Å². The van der Waals surface area contributed by atoms with Crippen LogP contribution in [0, 0.1) is 5.92 Å².